The summed E-state index contributed by atoms with van der Waals surface area (Å²) >= 11 is 0. The Morgan fingerprint density at radius 2 is 1.94 bits per heavy atom. The summed E-state index contributed by atoms with van der Waals surface area (Å²) in [4.78, 5) is 11.9. The predicted octanol–water partition coefficient (Wildman–Crippen LogP) is 2.75. The lowest BCUT2D eigenvalue weighted by Crippen LogP contribution is -2.59. The fraction of sp³-hybridized carbons (Fsp3) is 0.643. The van der Waals surface area contributed by atoms with E-state index < -0.39 is 0 Å². The molecule has 0 radical (unpaired) electrons. The summed E-state index contributed by atoms with van der Waals surface area (Å²) in [7, 11) is 0. The summed E-state index contributed by atoms with van der Waals surface area (Å²) in [5.74, 6) is -0.109. The van der Waals surface area contributed by atoms with E-state index in [1.165, 1.54) is 6.26 Å². The number of carbonyl (C=O) groups excluding carboxylic acids is 1. The van der Waals surface area contributed by atoms with E-state index >= 15 is 0 Å². The zero-order valence-corrected chi connectivity index (χ0v) is 11.4. The van der Waals surface area contributed by atoms with Crippen LogP contribution in [0.25, 0.3) is 0 Å². The molecule has 1 saturated heterocycles. The lowest BCUT2D eigenvalue weighted by atomic mass is 9.81. The molecule has 0 aromatic carbocycles. The fourth-order valence-corrected chi connectivity index (χ4v) is 2.92. The number of esters is 1. The van der Waals surface area contributed by atoms with E-state index in [0.29, 0.717) is 0 Å². The molecule has 4 heteroatoms. The molecule has 1 fully saturated rings. The molecule has 0 saturated carbocycles. The van der Waals surface area contributed by atoms with Crippen LogP contribution in [0.15, 0.2) is 22.8 Å². The Hall–Kier alpha value is -1.29. The highest BCUT2D eigenvalue weighted by molar-refractivity contribution is 5.86. The van der Waals surface area contributed by atoms with E-state index in [9.17, 15) is 4.79 Å². The third-order valence-corrected chi connectivity index (χ3v) is 3.15. The Morgan fingerprint density at radius 3 is 2.44 bits per heavy atom. The second-order valence-electron chi connectivity index (χ2n) is 6.31. The van der Waals surface area contributed by atoms with Crippen LogP contribution < -0.4 is 5.32 Å². The number of nitrogens with one attached hydrogen (secondary N) is 1. The highest BCUT2D eigenvalue weighted by atomic mass is 16.6. The molecule has 1 aromatic heterocycles. The number of ether oxygens (including phenoxy) is 1. The van der Waals surface area contributed by atoms with Crippen LogP contribution in [0.1, 0.15) is 51.1 Å². The van der Waals surface area contributed by atoms with Crippen LogP contribution in [0.5, 0.6) is 0 Å². The maximum atomic E-state index is 11.9. The molecule has 0 unspecified atom stereocenters. The summed E-state index contributed by atoms with van der Waals surface area (Å²) in [5.41, 5.74) is -0.0638. The molecule has 1 aliphatic rings. The third kappa shape index (κ3) is 3.13. The maximum Gasteiger partial charge on any atom is 0.374 e. The van der Waals surface area contributed by atoms with Gasteiger partial charge in [-0.2, -0.15) is 0 Å². The molecule has 2 rings (SSSR count). The zero-order chi connectivity index (χ0) is 13.4. The van der Waals surface area contributed by atoms with Crippen LogP contribution in [0.2, 0.25) is 0 Å². The number of furan rings is 1. The average Bonchev–Trinajstić information content (AvgIpc) is 2.63. The van der Waals surface area contributed by atoms with Gasteiger partial charge in [-0.05, 0) is 39.8 Å². The van der Waals surface area contributed by atoms with Gasteiger partial charge in [0.2, 0.25) is 5.76 Å². The first-order valence-corrected chi connectivity index (χ1v) is 6.31. The number of rotatable bonds is 2. The Balaban J connectivity index is 2.03. The van der Waals surface area contributed by atoms with Crippen molar-refractivity contribution in [2.24, 2.45) is 0 Å². The summed E-state index contributed by atoms with van der Waals surface area (Å²) in [6.45, 7) is 8.51. The van der Waals surface area contributed by atoms with Crippen LogP contribution in [0, 0.1) is 0 Å². The van der Waals surface area contributed by atoms with E-state index in [2.05, 4.69) is 33.0 Å². The number of carbonyl (C=O) groups is 1. The molecule has 4 nitrogen and oxygen atoms in total. The first kappa shape index (κ1) is 13.1. The molecule has 0 amide bonds. The van der Waals surface area contributed by atoms with Crippen LogP contribution in [-0.2, 0) is 4.74 Å². The molecule has 1 aliphatic heterocycles. The highest BCUT2D eigenvalue weighted by Gasteiger charge is 2.39. The van der Waals surface area contributed by atoms with E-state index in [0.717, 1.165) is 12.8 Å². The van der Waals surface area contributed by atoms with Crippen molar-refractivity contribution >= 4 is 5.97 Å². The summed E-state index contributed by atoms with van der Waals surface area (Å²) in [6, 6.07) is 3.31. The lowest BCUT2D eigenvalue weighted by Gasteiger charge is -2.45. The smallest absolute Gasteiger partial charge is 0.374 e. The largest absolute Gasteiger partial charge is 0.457 e. The van der Waals surface area contributed by atoms with Gasteiger partial charge < -0.3 is 14.5 Å². The highest BCUT2D eigenvalue weighted by Crippen LogP contribution is 2.30. The van der Waals surface area contributed by atoms with E-state index in [-0.39, 0.29) is 28.9 Å². The lowest BCUT2D eigenvalue weighted by molar-refractivity contribution is -0.00893. The van der Waals surface area contributed by atoms with Gasteiger partial charge in [-0.25, -0.2) is 4.79 Å². The van der Waals surface area contributed by atoms with Gasteiger partial charge in [-0.15, -0.1) is 0 Å². The summed E-state index contributed by atoms with van der Waals surface area (Å²) < 4.78 is 10.6. The second-order valence-corrected chi connectivity index (χ2v) is 6.31. The quantitative estimate of drug-likeness (QED) is 0.821. The molecule has 1 aromatic rings. The monoisotopic (exact) mass is 251 g/mol. The summed E-state index contributed by atoms with van der Waals surface area (Å²) in [5, 5.41) is 3.56. The molecule has 2 heterocycles. The van der Waals surface area contributed by atoms with Gasteiger partial charge in [0.1, 0.15) is 6.10 Å². The van der Waals surface area contributed by atoms with Gasteiger partial charge in [-0.1, -0.05) is 0 Å². The Bertz CT molecular complexity index is 404. The van der Waals surface area contributed by atoms with Crippen LogP contribution in [0.3, 0.4) is 0 Å². The first-order valence-electron chi connectivity index (χ1n) is 6.31. The predicted molar refractivity (Wildman–Crippen MR) is 68.4 cm³/mol. The number of hydrogen-bond acceptors (Lipinski definition) is 4. The molecule has 18 heavy (non-hydrogen) atoms. The van der Waals surface area contributed by atoms with Gasteiger partial charge in [-0.3, -0.25) is 0 Å². The Labute approximate surface area is 108 Å². The molecular formula is C14H21NO3. The fourth-order valence-electron chi connectivity index (χ4n) is 2.92. The van der Waals surface area contributed by atoms with Crippen molar-refractivity contribution in [3.8, 4) is 0 Å². The van der Waals surface area contributed by atoms with Crippen molar-refractivity contribution in [1.29, 1.82) is 0 Å². The molecule has 0 bridgehead atoms. The standard InChI is InChI=1S/C14H21NO3/c1-13(2)8-10(9-14(3,4)15-13)18-12(16)11-6-5-7-17-11/h5-7,10,15H,8-9H2,1-4H3. The van der Waals surface area contributed by atoms with Crippen molar-refractivity contribution in [3.63, 3.8) is 0 Å². The minimum absolute atomic E-state index is 0.0319. The van der Waals surface area contributed by atoms with Crippen molar-refractivity contribution in [2.75, 3.05) is 0 Å². The maximum absolute atomic E-state index is 11.9. The van der Waals surface area contributed by atoms with Crippen LogP contribution >= 0.6 is 0 Å². The topological polar surface area (TPSA) is 51.5 Å². The molecule has 100 valence electrons. The minimum Gasteiger partial charge on any atom is -0.457 e. The van der Waals surface area contributed by atoms with Gasteiger partial charge in [0, 0.05) is 23.9 Å². The SMILES string of the molecule is CC1(C)CC(OC(=O)c2ccco2)CC(C)(C)N1. The molecule has 0 aliphatic carbocycles. The van der Waals surface area contributed by atoms with Crippen molar-refractivity contribution in [2.45, 2.75) is 57.7 Å². The normalized spacial score (nSPS) is 22.7. The van der Waals surface area contributed by atoms with Gasteiger partial charge in [0.05, 0.1) is 6.26 Å². The van der Waals surface area contributed by atoms with E-state index in [1.54, 1.807) is 12.1 Å². The molecule has 0 spiro atoms. The van der Waals surface area contributed by atoms with Crippen molar-refractivity contribution < 1.29 is 13.9 Å². The third-order valence-electron chi connectivity index (χ3n) is 3.15. The summed E-state index contributed by atoms with van der Waals surface area (Å²) in [6.07, 6.45) is 3.02. The zero-order valence-electron chi connectivity index (χ0n) is 11.4. The first-order chi connectivity index (χ1) is 8.27. The van der Waals surface area contributed by atoms with Crippen LogP contribution in [-0.4, -0.2) is 23.2 Å². The van der Waals surface area contributed by atoms with Crippen LogP contribution in [0.4, 0.5) is 0 Å². The Kier molecular flexibility index (Phi) is 3.23. The average molecular weight is 251 g/mol. The molecule has 1 N–H and O–H groups in total. The minimum atomic E-state index is -0.376. The van der Waals surface area contributed by atoms with Crippen molar-refractivity contribution in [3.05, 3.63) is 24.2 Å². The number of hydrogen-bond donors (Lipinski definition) is 1. The molecular weight excluding hydrogens is 230 g/mol. The van der Waals surface area contributed by atoms with Gasteiger partial charge in [0.25, 0.3) is 0 Å². The van der Waals surface area contributed by atoms with E-state index in [4.69, 9.17) is 9.15 Å². The number of piperidine rings is 1. The van der Waals surface area contributed by atoms with Crippen molar-refractivity contribution in [1.82, 2.24) is 5.32 Å². The van der Waals surface area contributed by atoms with Gasteiger partial charge in [0.15, 0.2) is 0 Å². The van der Waals surface area contributed by atoms with E-state index in [1.807, 2.05) is 0 Å². The Morgan fingerprint density at radius 1 is 1.33 bits per heavy atom. The molecule has 0 atom stereocenters. The second kappa shape index (κ2) is 4.43. The van der Waals surface area contributed by atoms with Gasteiger partial charge >= 0.3 is 5.97 Å².